The summed E-state index contributed by atoms with van der Waals surface area (Å²) in [6.45, 7) is 4.67. The second-order valence-corrected chi connectivity index (χ2v) is 12.4. The van der Waals surface area contributed by atoms with Gasteiger partial charge < -0.3 is 28.9 Å². The zero-order valence-corrected chi connectivity index (χ0v) is 26.2. The van der Waals surface area contributed by atoms with Crippen LogP contribution in [0.2, 0.25) is 0 Å². The molecular formula is C31H65O6P. The molecule has 0 heterocycles. The fourth-order valence-corrected chi connectivity index (χ4v) is 5.56. The SMILES string of the molecule is CCCCCCCCCCCCCOP(OCCCCCCCCCCCCC)OCC(CO)(CO)CO. The summed E-state index contributed by atoms with van der Waals surface area (Å²) in [5.41, 5.74) is -1.07. The van der Waals surface area contributed by atoms with Crippen LogP contribution < -0.4 is 0 Å². The monoisotopic (exact) mass is 564 g/mol. The Labute approximate surface area is 237 Å². The molecule has 0 aromatic rings. The first kappa shape index (κ1) is 38.2. The average molecular weight is 565 g/mol. The van der Waals surface area contributed by atoms with Crippen LogP contribution in [0, 0.1) is 5.41 Å². The predicted octanol–water partition coefficient (Wildman–Crippen LogP) is 8.85. The van der Waals surface area contributed by atoms with Crippen molar-refractivity contribution in [2.75, 3.05) is 39.6 Å². The maximum atomic E-state index is 9.59. The number of unbranched alkanes of at least 4 members (excludes halogenated alkanes) is 20. The average Bonchev–Trinajstić information content (AvgIpc) is 2.94. The van der Waals surface area contributed by atoms with Gasteiger partial charge in [0, 0.05) is 0 Å². The molecule has 0 aromatic heterocycles. The van der Waals surface area contributed by atoms with Crippen LogP contribution in [-0.2, 0) is 13.6 Å². The van der Waals surface area contributed by atoms with Gasteiger partial charge in [0.05, 0.1) is 45.1 Å². The minimum Gasteiger partial charge on any atom is -0.396 e. The molecule has 0 atom stereocenters. The highest BCUT2D eigenvalue weighted by Gasteiger charge is 2.30. The fraction of sp³-hybridized carbons (Fsp3) is 1.00. The van der Waals surface area contributed by atoms with E-state index in [1.54, 1.807) is 0 Å². The lowest BCUT2D eigenvalue weighted by atomic mass is 9.93. The van der Waals surface area contributed by atoms with Crippen LogP contribution in [-0.4, -0.2) is 55.0 Å². The minimum atomic E-state index is -1.55. The van der Waals surface area contributed by atoms with Crippen molar-refractivity contribution in [2.45, 2.75) is 155 Å². The molecule has 0 spiro atoms. The molecule has 0 aromatic carbocycles. The molecule has 0 bridgehead atoms. The van der Waals surface area contributed by atoms with Gasteiger partial charge in [0.2, 0.25) is 0 Å². The third-order valence-electron chi connectivity index (χ3n) is 7.37. The standard InChI is InChI=1S/C31H65O6P/c1-3-5-7-9-11-13-15-17-19-21-23-25-35-38(37-30-31(27-32,28-33)29-34)36-26-24-22-20-18-16-14-12-10-8-6-4-2/h32-34H,3-30H2,1-2H3. The van der Waals surface area contributed by atoms with E-state index in [1.807, 2.05) is 0 Å². The molecule has 0 unspecified atom stereocenters. The van der Waals surface area contributed by atoms with Crippen LogP contribution in [0.1, 0.15) is 155 Å². The molecule has 3 N–H and O–H groups in total. The zero-order valence-electron chi connectivity index (χ0n) is 25.3. The van der Waals surface area contributed by atoms with Gasteiger partial charge >= 0.3 is 8.60 Å². The van der Waals surface area contributed by atoms with E-state index < -0.39 is 14.0 Å². The molecule has 0 aliphatic heterocycles. The first-order chi connectivity index (χ1) is 18.7. The maximum Gasteiger partial charge on any atom is 0.332 e. The van der Waals surface area contributed by atoms with Crippen LogP contribution in [0.5, 0.6) is 0 Å². The molecule has 6 nitrogen and oxygen atoms in total. The van der Waals surface area contributed by atoms with Crippen molar-refractivity contribution in [1.82, 2.24) is 0 Å². The lowest BCUT2D eigenvalue weighted by Crippen LogP contribution is -2.38. The van der Waals surface area contributed by atoms with Gasteiger partial charge in [-0.05, 0) is 12.8 Å². The quantitative estimate of drug-likeness (QED) is 0.0559. The molecule has 0 amide bonds. The van der Waals surface area contributed by atoms with Gasteiger partial charge in [0.25, 0.3) is 0 Å². The van der Waals surface area contributed by atoms with Crippen LogP contribution in [0.25, 0.3) is 0 Å². The Morgan fingerprint density at radius 3 is 1.00 bits per heavy atom. The van der Waals surface area contributed by atoms with Crippen molar-refractivity contribution in [3.05, 3.63) is 0 Å². The largest absolute Gasteiger partial charge is 0.396 e. The van der Waals surface area contributed by atoms with E-state index in [-0.39, 0.29) is 26.4 Å². The van der Waals surface area contributed by atoms with E-state index in [0.717, 1.165) is 25.7 Å². The van der Waals surface area contributed by atoms with E-state index in [4.69, 9.17) is 13.6 Å². The van der Waals surface area contributed by atoms with Gasteiger partial charge in [-0.2, -0.15) is 0 Å². The summed E-state index contributed by atoms with van der Waals surface area (Å²) in [7, 11) is -1.55. The summed E-state index contributed by atoms with van der Waals surface area (Å²) in [5.74, 6) is 0. The molecule has 0 rings (SSSR count). The van der Waals surface area contributed by atoms with Gasteiger partial charge in [0.1, 0.15) is 0 Å². The summed E-state index contributed by atoms with van der Waals surface area (Å²) >= 11 is 0. The molecule has 38 heavy (non-hydrogen) atoms. The van der Waals surface area contributed by atoms with Crippen LogP contribution >= 0.6 is 8.60 Å². The number of hydrogen-bond donors (Lipinski definition) is 3. The predicted molar refractivity (Wildman–Crippen MR) is 161 cm³/mol. The maximum absolute atomic E-state index is 9.59. The summed E-state index contributed by atoms with van der Waals surface area (Å²) in [6.07, 6.45) is 28.3. The second kappa shape index (κ2) is 30.2. The molecule has 230 valence electrons. The molecular weight excluding hydrogens is 499 g/mol. The van der Waals surface area contributed by atoms with Gasteiger partial charge in [-0.25, -0.2) is 0 Å². The second-order valence-electron chi connectivity index (χ2n) is 11.2. The van der Waals surface area contributed by atoms with Crippen molar-refractivity contribution in [3.8, 4) is 0 Å². The Morgan fingerprint density at radius 1 is 0.421 bits per heavy atom. The van der Waals surface area contributed by atoms with E-state index in [9.17, 15) is 15.3 Å². The van der Waals surface area contributed by atoms with Crippen molar-refractivity contribution in [1.29, 1.82) is 0 Å². The van der Waals surface area contributed by atoms with Crippen LogP contribution in [0.15, 0.2) is 0 Å². The first-order valence-corrected chi connectivity index (χ1v) is 17.3. The Hall–Kier alpha value is 0.190. The third-order valence-corrected chi connectivity index (χ3v) is 8.50. The normalized spacial score (nSPS) is 12.2. The number of aliphatic hydroxyl groups excluding tert-OH is 3. The summed E-state index contributed by atoms with van der Waals surface area (Å²) in [5, 5.41) is 28.8. The highest BCUT2D eigenvalue weighted by Crippen LogP contribution is 2.41. The van der Waals surface area contributed by atoms with Crippen molar-refractivity contribution >= 4 is 8.60 Å². The van der Waals surface area contributed by atoms with Crippen molar-refractivity contribution < 1.29 is 28.9 Å². The lowest BCUT2D eigenvalue weighted by Gasteiger charge is -2.28. The molecule has 7 heteroatoms. The molecule has 0 saturated heterocycles. The molecule has 0 radical (unpaired) electrons. The van der Waals surface area contributed by atoms with E-state index in [1.165, 1.54) is 116 Å². The van der Waals surface area contributed by atoms with Gasteiger partial charge in [-0.3, -0.25) is 0 Å². The highest BCUT2D eigenvalue weighted by molar-refractivity contribution is 7.41. The smallest absolute Gasteiger partial charge is 0.332 e. The topological polar surface area (TPSA) is 88.4 Å². The minimum absolute atomic E-state index is 0.0126. The van der Waals surface area contributed by atoms with Gasteiger partial charge in [0.15, 0.2) is 0 Å². The molecule has 0 saturated carbocycles. The van der Waals surface area contributed by atoms with Gasteiger partial charge in [-0.1, -0.05) is 142 Å². The number of hydrogen-bond acceptors (Lipinski definition) is 6. The third kappa shape index (κ3) is 24.0. The van der Waals surface area contributed by atoms with E-state index in [0.29, 0.717) is 13.2 Å². The fourth-order valence-electron chi connectivity index (χ4n) is 4.40. The Balaban J connectivity index is 4.02. The lowest BCUT2D eigenvalue weighted by molar-refractivity contribution is -0.0313. The number of rotatable bonds is 32. The number of aliphatic hydroxyl groups is 3. The first-order valence-electron chi connectivity index (χ1n) is 16.2. The zero-order chi connectivity index (χ0) is 28.0. The molecule has 0 fully saturated rings. The Bertz CT molecular complexity index is 414. The van der Waals surface area contributed by atoms with Gasteiger partial charge in [-0.15, -0.1) is 0 Å². The summed E-state index contributed by atoms with van der Waals surface area (Å²) < 4.78 is 17.7. The van der Waals surface area contributed by atoms with Crippen molar-refractivity contribution in [3.63, 3.8) is 0 Å². The summed E-state index contributed by atoms with van der Waals surface area (Å²) in [4.78, 5) is 0. The van der Waals surface area contributed by atoms with Crippen LogP contribution in [0.3, 0.4) is 0 Å². The summed E-state index contributed by atoms with van der Waals surface area (Å²) in [6, 6.07) is 0. The Kier molecular flexibility index (Phi) is 30.3. The molecule has 0 aliphatic carbocycles. The van der Waals surface area contributed by atoms with E-state index in [2.05, 4.69) is 13.8 Å². The van der Waals surface area contributed by atoms with E-state index >= 15 is 0 Å². The van der Waals surface area contributed by atoms with Crippen molar-refractivity contribution in [2.24, 2.45) is 5.41 Å². The van der Waals surface area contributed by atoms with Crippen LogP contribution in [0.4, 0.5) is 0 Å². The molecule has 0 aliphatic rings. The Morgan fingerprint density at radius 2 is 0.711 bits per heavy atom. The highest BCUT2D eigenvalue weighted by atomic mass is 31.2.